The SMILES string of the molecule is COCCCCC(=O)Nc1ccc(C(=O)O)cc1. The number of carbonyl (C=O) groups excluding carboxylic acids is 1. The van der Waals surface area contributed by atoms with E-state index in [1.807, 2.05) is 0 Å². The monoisotopic (exact) mass is 251 g/mol. The van der Waals surface area contributed by atoms with Crippen LogP contribution in [0, 0.1) is 0 Å². The zero-order valence-corrected chi connectivity index (χ0v) is 10.3. The molecule has 2 N–H and O–H groups in total. The number of aromatic carboxylic acids is 1. The lowest BCUT2D eigenvalue weighted by molar-refractivity contribution is -0.116. The zero-order chi connectivity index (χ0) is 13.4. The van der Waals surface area contributed by atoms with Gasteiger partial charge in [0.05, 0.1) is 5.56 Å². The molecule has 0 aliphatic heterocycles. The Morgan fingerprint density at radius 3 is 2.44 bits per heavy atom. The summed E-state index contributed by atoms with van der Waals surface area (Å²) >= 11 is 0. The summed E-state index contributed by atoms with van der Waals surface area (Å²) in [5.74, 6) is -1.05. The predicted molar refractivity (Wildman–Crippen MR) is 67.8 cm³/mol. The van der Waals surface area contributed by atoms with Gasteiger partial charge in [-0.3, -0.25) is 4.79 Å². The summed E-state index contributed by atoms with van der Waals surface area (Å²) in [6.07, 6.45) is 2.05. The van der Waals surface area contributed by atoms with Crippen LogP contribution in [-0.2, 0) is 9.53 Å². The molecule has 1 amide bonds. The Hall–Kier alpha value is -1.88. The second kappa shape index (κ2) is 7.45. The standard InChI is InChI=1S/C13H17NO4/c1-18-9-3-2-4-12(15)14-11-7-5-10(6-8-11)13(16)17/h5-8H,2-4,9H2,1H3,(H,14,15)(H,16,17). The molecular formula is C13H17NO4. The third-order valence-corrected chi connectivity index (χ3v) is 2.42. The Labute approximate surface area is 106 Å². The van der Waals surface area contributed by atoms with Crippen LogP contribution in [-0.4, -0.2) is 30.7 Å². The molecule has 0 spiro atoms. The minimum atomic E-state index is -0.979. The maximum absolute atomic E-state index is 11.5. The topological polar surface area (TPSA) is 75.6 Å². The van der Waals surface area contributed by atoms with E-state index in [2.05, 4.69) is 5.32 Å². The van der Waals surface area contributed by atoms with E-state index >= 15 is 0 Å². The molecule has 1 rings (SSSR count). The van der Waals surface area contributed by atoms with Crippen molar-refractivity contribution in [2.75, 3.05) is 19.0 Å². The van der Waals surface area contributed by atoms with Crippen LogP contribution in [0.3, 0.4) is 0 Å². The molecule has 5 heteroatoms. The summed E-state index contributed by atoms with van der Waals surface area (Å²) < 4.78 is 4.89. The fraction of sp³-hybridized carbons (Fsp3) is 0.385. The Morgan fingerprint density at radius 2 is 1.89 bits per heavy atom. The molecule has 18 heavy (non-hydrogen) atoms. The van der Waals surface area contributed by atoms with Crippen LogP contribution in [0.5, 0.6) is 0 Å². The minimum absolute atomic E-state index is 0.0748. The number of unbranched alkanes of at least 4 members (excludes halogenated alkanes) is 1. The largest absolute Gasteiger partial charge is 0.478 e. The zero-order valence-electron chi connectivity index (χ0n) is 10.3. The molecule has 0 saturated carbocycles. The summed E-state index contributed by atoms with van der Waals surface area (Å²) in [7, 11) is 1.63. The first kappa shape index (κ1) is 14.2. The number of rotatable bonds is 7. The van der Waals surface area contributed by atoms with Gasteiger partial charge in [-0.15, -0.1) is 0 Å². The maximum atomic E-state index is 11.5. The molecule has 0 heterocycles. The molecule has 0 aliphatic rings. The van der Waals surface area contributed by atoms with Gasteiger partial charge in [-0.1, -0.05) is 0 Å². The number of ether oxygens (including phenoxy) is 1. The molecule has 0 unspecified atom stereocenters. The number of methoxy groups -OCH3 is 1. The molecule has 98 valence electrons. The molecule has 0 radical (unpaired) electrons. The highest BCUT2D eigenvalue weighted by Gasteiger charge is 2.04. The van der Waals surface area contributed by atoms with E-state index in [1.54, 1.807) is 19.2 Å². The van der Waals surface area contributed by atoms with Crippen molar-refractivity contribution in [3.8, 4) is 0 Å². The second-order valence-corrected chi connectivity index (χ2v) is 3.88. The van der Waals surface area contributed by atoms with Gasteiger partial charge in [0.25, 0.3) is 0 Å². The number of carboxylic acid groups (broad SMARTS) is 1. The van der Waals surface area contributed by atoms with Gasteiger partial charge in [-0.2, -0.15) is 0 Å². The number of amides is 1. The van der Waals surface area contributed by atoms with Gasteiger partial charge in [-0.05, 0) is 37.1 Å². The van der Waals surface area contributed by atoms with Gasteiger partial charge in [-0.25, -0.2) is 4.79 Å². The third kappa shape index (κ3) is 4.97. The number of hydrogen-bond acceptors (Lipinski definition) is 3. The molecular weight excluding hydrogens is 234 g/mol. The number of anilines is 1. The first-order chi connectivity index (χ1) is 8.63. The van der Waals surface area contributed by atoms with Crippen LogP contribution in [0.15, 0.2) is 24.3 Å². The highest BCUT2D eigenvalue weighted by molar-refractivity contribution is 5.92. The quantitative estimate of drug-likeness (QED) is 0.728. The summed E-state index contributed by atoms with van der Waals surface area (Å²) in [6.45, 7) is 0.653. The molecule has 0 bridgehead atoms. The molecule has 0 saturated heterocycles. The number of benzene rings is 1. The van der Waals surface area contributed by atoms with Crippen molar-refractivity contribution in [2.45, 2.75) is 19.3 Å². The summed E-state index contributed by atoms with van der Waals surface area (Å²) in [4.78, 5) is 22.2. The average Bonchev–Trinajstić information content (AvgIpc) is 2.35. The first-order valence-corrected chi connectivity index (χ1v) is 5.75. The molecule has 0 aromatic heterocycles. The highest BCUT2D eigenvalue weighted by atomic mass is 16.5. The molecule has 1 aromatic carbocycles. The lowest BCUT2D eigenvalue weighted by atomic mass is 10.2. The van der Waals surface area contributed by atoms with Crippen LogP contribution in [0.2, 0.25) is 0 Å². The van der Waals surface area contributed by atoms with Gasteiger partial charge >= 0.3 is 5.97 Å². The van der Waals surface area contributed by atoms with Crippen molar-refractivity contribution in [2.24, 2.45) is 0 Å². The Bertz CT molecular complexity index is 400. The van der Waals surface area contributed by atoms with Gasteiger partial charge in [0.15, 0.2) is 0 Å². The Balaban J connectivity index is 2.37. The van der Waals surface area contributed by atoms with Crippen LogP contribution in [0.1, 0.15) is 29.6 Å². The van der Waals surface area contributed by atoms with E-state index in [0.29, 0.717) is 18.7 Å². The molecule has 0 atom stereocenters. The molecule has 1 aromatic rings. The smallest absolute Gasteiger partial charge is 0.335 e. The maximum Gasteiger partial charge on any atom is 0.335 e. The van der Waals surface area contributed by atoms with Crippen molar-refractivity contribution < 1.29 is 19.4 Å². The predicted octanol–water partition coefficient (Wildman–Crippen LogP) is 2.14. The molecule has 0 aliphatic carbocycles. The molecule has 0 fully saturated rings. The third-order valence-electron chi connectivity index (χ3n) is 2.42. The van der Waals surface area contributed by atoms with Crippen LogP contribution < -0.4 is 5.32 Å². The lowest BCUT2D eigenvalue weighted by Gasteiger charge is -2.05. The van der Waals surface area contributed by atoms with Gasteiger partial charge in [0.1, 0.15) is 0 Å². The van der Waals surface area contributed by atoms with E-state index in [4.69, 9.17) is 9.84 Å². The summed E-state index contributed by atoms with van der Waals surface area (Å²) in [6, 6.07) is 6.08. The Kier molecular flexibility index (Phi) is 5.87. The van der Waals surface area contributed by atoms with E-state index in [1.165, 1.54) is 12.1 Å². The van der Waals surface area contributed by atoms with E-state index in [9.17, 15) is 9.59 Å². The van der Waals surface area contributed by atoms with Crippen molar-refractivity contribution in [1.29, 1.82) is 0 Å². The van der Waals surface area contributed by atoms with E-state index in [0.717, 1.165) is 12.8 Å². The Morgan fingerprint density at radius 1 is 1.22 bits per heavy atom. The normalized spacial score (nSPS) is 10.1. The van der Waals surface area contributed by atoms with Crippen molar-refractivity contribution in [1.82, 2.24) is 0 Å². The van der Waals surface area contributed by atoms with Gasteiger partial charge in [0, 0.05) is 25.8 Å². The summed E-state index contributed by atoms with van der Waals surface area (Å²) in [5, 5.41) is 11.4. The van der Waals surface area contributed by atoms with Crippen LogP contribution in [0.25, 0.3) is 0 Å². The average molecular weight is 251 g/mol. The number of carboxylic acids is 1. The van der Waals surface area contributed by atoms with Gasteiger partial charge < -0.3 is 15.2 Å². The minimum Gasteiger partial charge on any atom is -0.478 e. The van der Waals surface area contributed by atoms with E-state index < -0.39 is 5.97 Å². The molecule has 5 nitrogen and oxygen atoms in total. The fourth-order valence-electron chi connectivity index (χ4n) is 1.45. The van der Waals surface area contributed by atoms with Crippen LogP contribution in [0.4, 0.5) is 5.69 Å². The lowest BCUT2D eigenvalue weighted by Crippen LogP contribution is -2.11. The first-order valence-electron chi connectivity index (χ1n) is 5.75. The number of carbonyl (C=O) groups is 2. The van der Waals surface area contributed by atoms with Crippen molar-refractivity contribution in [3.63, 3.8) is 0 Å². The van der Waals surface area contributed by atoms with E-state index in [-0.39, 0.29) is 11.5 Å². The van der Waals surface area contributed by atoms with Gasteiger partial charge in [0.2, 0.25) is 5.91 Å². The number of nitrogens with one attached hydrogen (secondary N) is 1. The number of hydrogen-bond donors (Lipinski definition) is 2. The summed E-state index contributed by atoms with van der Waals surface area (Å²) in [5.41, 5.74) is 0.810. The van der Waals surface area contributed by atoms with Crippen molar-refractivity contribution in [3.05, 3.63) is 29.8 Å². The second-order valence-electron chi connectivity index (χ2n) is 3.88. The highest BCUT2D eigenvalue weighted by Crippen LogP contribution is 2.10. The van der Waals surface area contributed by atoms with Crippen LogP contribution >= 0.6 is 0 Å². The van der Waals surface area contributed by atoms with Crippen molar-refractivity contribution >= 4 is 17.6 Å². The fourth-order valence-corrected chi connectivity index (χ4v) is 1.45.